The van der Waals surface area contributed by atoms with Crippen LogP contribution in [0.2, 0.25) is 0 Å². The summed E-state index contributed by atoms with van der Waals surface area (Å²) in [5, 5.41) is 3.36. The van der Waals surface area contributed by atoms with E-state index in [-0.39, 0.29) is 11.3 Å². The lowest BCUT2D eigenvalue weighted by molar-refractivity contribution is -0.124. The van der Waals surface area contributed by atoms with Crippen LogP contribution in [0.1, 0.15) is 37.0 Å². The molecule has 5 rings (SSSR count). The number of anilines is 1. The van der Waals surface area contributed by atoms with E-state index in [2.05, 4.69) is 110 Å². The van der Waals surface area contributed by atoms with Crippen molar-refractivity contribution in [3.63, 3.8) is 0 Å². The van der Waals surface area contributed by atoms with Crippen molar-refractivity contribution < 1.29 is 4.79 Å². The Morgan fingerprint density at radius 2 is 1.65 bits per heavy atom. The van der Waals surface area contributed by atoms with Crippen LogP contribution in [-0.4, -0.2) is 18.1 Å². The predicted molar refractivity (Wildman–Crippen MR) is 128 cm³/mol. The second kappa shape index (κ2) is 7.12. The molecule has 3 aromatic carbocycles. The minimum absolute atomic E-state index is 0.109. The Morgan fingerprint density at radius 1 is 0.935 bits per heavy atom. The molecule has 156 valence electrons. The van der Waals surface area contributed by atoms with Crippen LogP contribution in [0.15, 0.2) is 78.9 Å². The van der Waals surface area contributed by atoms with Crippen molar-refractivity contribution in [1.29, 1.82) is 0 Å². The van der Waals surface area contributed by atoms with E-state index in [9.17, 15) is 4.79 Å². The maximum absolute atomic E-state index is 12.6. The van der Waals surface area contributed by atoms with Gasteiger partial charge in [0.05, 0.1) is 0 Å². The first-order chi connectivity index (χ1) is 14.9. The molecule has 1 fully saturated rings. The number of nitrogens with one attached hydrogen (secondary N) is 1. The fourth-order valence-corrected chi connectivity index (χ4v) is 5.10. The standard InChI is InChI=1S/C28H28N2O/c1-20-9-14-25-24(19-20)27(2,3)28(29-26(31)16-18-30(25)28)17-15-21-10-12-23(13-11-21)22-7-5-4-6-8-22/h4-15,17,19H,16,18H2,1-3H3,(H,29,31). The van der Waals surface area contributed by atoms with Gasteiger partial charge in [0.2, 0.25) is 5.91 Å². The summed E-state index contributed by atoms with van der Waals surface area (Å²) < 4.78 is 0. The molecule has 0 aliphatic carbocycles. The Bertz CT molecular complexity index is 1160. The van der Waals surface area contributed by atoms with Gasteiger partial charge in [0.15, 0.2) is 0 Å². The molecular formula is C28H28N2O. The highest BCUT2D eigenvalue weighted by molar-refractivity contribution is 5.84. The van der Waals surface area contributed by atoms with Crippen LogP contribution in [0, 0.1) is 6.92 Å². The molecule has 3 aromatic rings. The fraction of sp³-hybridized carbons (Fsp3) is 0.250. The van der Waals surface area contributed by atoms with Crippen molar-refractivity contribution >= 4 is 17.7 Å². The van der Waals surface area contributed by atoms with E-state index in [1.54, 1.807) is 0 Å². The number of nitrogens with zero attached hydrogens (tertiary/aromatic N) is 1. The van der Waals surface area contributed by atoms with E-state index in [1.165, 1.54) is 27.9 Å². The molecule has 2 aliphatic heterocycles. The first-order valence-corrected chi connectivity index (χ1v) is 11.0. The maximum atomic E-state index is 12.6. The quantitative estimate of drug-likeness (QED) is 0.604. The van der Waals surface area contributed by atoms with Gasteiger partial charge in [-0.15, -0.1) is 0 Å². The van der Waals surface area contributed by atoms with Crippen LogP contribution in [0.25, 0.3) is 17.2 Å². The molecule has 0 aromatic heterocycles. The Kier molecular flexibility index (Phi) is 4.51. The number of rotatable bonds is 3. The number of carbonyl (C=O) groups is 1. The molecule has 0 bridgehead atoms. The molecule has 1 saturated heterocycles. The molecule has 1 unspecified atom stereocenters. The first kappa shape index (κ1) is 19.6. The predicted octanol–water partition coefficient (Wildman–Crippen LogP) is 5.69. The van der Waals surface area contributed by atoms with Gasteiger partial charge in [-0.3, -0.25) is 4.79 Å². The topological polar surface area (TPSA) is 32.3 Å². The summed E-state index contributed by atoms with van der Waals surface area (Å²) in [6.07, 6.45) is 4.86. The van der Waals surface area contributed by atoms with E-state index in [1.807, 2.05) is 6.07 Å². The Labute approximate surface area is 184 Å². The highest BCUT2D eigenvalue weighted by Gasteiger charge is 2.57. The largest absolute Gasteiger partial charge is 0.344 e. The van der Waals surface area contributed by atoms with Crippen LogP contribution in [0.3, 0.4) is 0 Å². The lowest BCUT2D eigenvalue weighted by atomic mass is 9.74. The molecule has 0 spiro atoms. The molecule has 1 N–H and O–H groups in total. The van der Waals surface area contributed by atoms with Crippen LogP contribution in [0.5, 0.6) is 0 Å². The number of fused-ring (bicyclic) bond motifs is 3. The van der Waals surface area contributed by atoms with E-state index < -0.39 is 5.66 Å². The summed E-state index contributed by atoms with van der Waals surface area (Å²) in [7, 11) is 0. The second-order valence-corrected chi connectivity index (χ2v) is 9.18. The van der Waals surface area contributed by atoms with Gasteiger partial charge in [-0.2, -0.15) is 0 Å². The minimum Gasteiger partial charge on any atom is -0.344 e. The van der Waals surface area contributed by atoms with Gasteiger partial charge in [0.25, 0.3) is 0 Å². The van der Waals surface area contributed by atoms with Crippen molar-refractivity contribution in [1.82, 2.24) is 5.32 Å². The zero-order valence-electron chi connectivity index (χ0n) is 18.4. The highest BCUT2D eigenvalue weighted by Crippen LogP contribution is 2.52. The summed E-state index contributed by atoms with van der Waals surface area (Å²) in [5.74, 6) is 0.109. The van der Waals surface area contributed by atoms with Crippen LogP contribution in [0.4, 0.5) is 5.69 Å². The summed E-state index contributed by atoms with van der Waals surface area (Å²) in [6, 6.07) is 25.6. The van der Waals surface area contributed by atoms with Gasteiger partial charge in [0.1, 0.15) is 5.66 Å². The summed E-state index contributed by atoms with van der Waals surface area (Å²) >= 11 is 0. The molecule has 3 heteroatoms. The summed E-state index contributed by atoms with van der Waals surface area (Å²) in [5.41, 5.74) is 6.46. The van der Waals surface area contributed by atoms with Crippen LogP contribution in [-0.2, 0) is 10.2 Å². The van der Waals surface area contributed by atoms with Gasteiger partial charge < -0.3 is 10.2 Å². The Morgan fingerprint density at radius 3 is 2.39 bits per heavy atom. The molecule has 2 aliphatic rings. The number of carbonyl (C=O) groups excluding carboxylic acids is 1. The molecular weight excluding hydrogens is 380 g/mol. The monoisotopic (exact) mass is 408 g/mol. The van der Waals surface area contributed by atoms with Crippen molar-refractivity contribution in [3.8, 4) is 11.1 Å². The smallest absolute Gasteiger partial charge is 0.223 e. The molecule has 0 saturated carbocycles. The molecule has 2 heterocycles. The maximum Gasteiger partial charge on any atom is 0.223 e. The number of hydrogen-bond acceptors (Lipinski definition) is 2. The first-order valence-electron chi connectivity index (χ1n) is 11.0. The number of hydrogen-bond donors (Lipinski definition) is 1. The van der Waals surface area contributed by atoms with E-state index in [0.29, 0.717) is 6.42 Å². The molecule has 1 atom stereocenters. The van der Waals surface area contributed by atoms with Gasteiger partial charge in [-0.25, -0.2) is 0 Å². The third-order valence-electron chi connectivity index (χ3n) is 6.92. The zero-order valence-corrected chi connectivity index (χ0v) is 18.4. The van der Waals surface area contributed by atoms with Gasteiger partial charge >= 0.3 is 0 Å². The second-order valence-electron chi connectivity index (χ2n) is 9.18. The van der Waals surface area contributed by atoms with Crippen LogP contribution >= 0.6 is 0 Å². The van der Waals surface area contributed by atoms with Gasteiger partial charge in [-0.05, 0) is 41.3 Å². The normalized spacial score (nSPS) is 21.6. The van der Waals surface area contributed by atoms with Gasteiger partial charge in [-0.1, -0.05) is 92.2 Å². The van der Waals surface area contributed by atoms with Crippen molar-refractivity contribution in [3.05, 3.63) is 95.6 Å². The van der Waals surface area contributed by atoms with Crippen molar-refractivity contribution in [2.24, 2.45) is 0 Å². The SMILES string of the molecule is Cc1ccc2c(c1)C(C)(C)C1(C=Cc3ccc(-c4ccccc4)cc3)NC(=O)CCN21. The van der Waals surface area contributed by atoms with Crippen molar-refractivity contribution in [2.45, 2.75) is 38.3 Å². The average Bonchev–Trinajstić information content (AvgIpc) is 2.96. The Hall–Kier alpha value is -3.33. The molecule has 3 nitrogen and oxygen atoms in total. The third-order valence-corrected chi connectivity index (χ3v) is 6.92. The fourth-order valence-electron chi connectivity index (χ4n) is 5.10. The number of aryl methyl sites for hydroxylation is 1. The summed E-state index contributed by atoms with van der Waals surface area (Å²) in [6.45, 7) is 7.32. The van der Waals surface area contributed by atoms with E-state index in [4.69, 9.17) is 0 Å². The lowest BCUT2D eigenvalue weighted by Gasteiger charge is -2.49. The van der Waals surface area contributed by atoms with E-state index >= 15 is 0 Å². The third kappa shape index (κ3) is 3.07. The number of amides is 1. The molecule has 31 heavy (non-hydrogen) atoms. The zero-order chi connectivity index (χ0) is 21.6. The lowest BCUT2D eigenvalue weighted by Crippen LogP contribution is -2.68. The van der Waals surface area contributed by atoms with Gasteiger partial charge in [0, 0.05) is 24.1 Å². The molecule has 0 radical (unpaired) electrons. The Balaban J connectivity index is 1.53. The summed E-state index contributed by atoms with van der Waals surface area (Å²) in [4.78, 5) is 14.9. The average molecular weight is 409 g/mol. The van der Waals surface area contributed by atoms with Crippen molar-refractivity contribution in [2.75, 3.05) is 11.4 Å². The minimum atomic E-state index is -0.573. The van der Waals surface area contributed by atoms with Crippen LogP contribution < -0.4 is 10.2 Å². The van der Waals surface area contributed by atoms with E-state index in [0.717, 1.165) is 12.1 Å². The number of benzene rings is 3. The highest BCUT2D eigenvalue weighted by atomic mass is 16.2. The molecule has 1 amide bonds.